The molecule has 6 nitrogen and oxygen atoms in total. The van der Waals surface area contributed by atoms with Crippen molar-refractivity contribution in [2.24, 2.45) is 11.8 Å². The minimum atomic E-state index is -0.641. The van der Waals surface area contributed by atoms with Gasteiger partial charge in [-0.15, -0.1) is 0 Å². The lowest BCUT2D eigenvalue weighted by Crippen LogP contribution is -2.39. The third-order valence-corrected chi connectivity index (χ3v) is 3.79. The van der Waals surface area contributed by atoms with Crippen LogP contribution < -0.4 is 0 Å². The maximum Gasteiger partial charge on any atom is 0.344 e. The number of esters is 3. The predicted octanol–water partition coefficient (Wildman–Crippen LogP) is 0.989. The van der Waals surface area contributed by atoms with Gasteiger partial charge in [0.15, 0.2) is 6.61 Å². The number of ether oxygens (including phenoxy) is 3. The van der Waals surface area contributed by atoms with Crippen molar-refractivity contribution in [2.45, 2.75) is 38.9 Å². The topological polar surface area (TPSA) is 78.9 Å². The second kappa shape index (κ2) is 5.64. The number of hydrogen-bond donors (Lipinski definition) is 0. The van der Waals surface area contributed by atoms with Crippen LogP contribution in [0.3, 0.4) is 0 Å². The maximum absolute atomic E-state index is 11.6. The van der Waals surface area contributed by atoms with Crippen LogP contribution in [0.15, 0.2) is 12.2 Å². The van der Waals surface area contributed by atoms with E-state index >= 15 is 0 Å². The van der Waals surface area contributed by atoms with Gasteiger partial charge >= 0.3 is 17.9 Å². The van der Waals surface area contributed by atoms with Gasteiger partial charge in [0.05, 0.1) is 5.92 Å². The van der Waals surface area contributed by atoms with E-state index in [0.717, 1.165) is 0 Å². The lowest BCUT2D eigenvalue weighted by atomic mass is 9.79. The van der Waals surface area contributed by atoms with Crippen molar-refractivity contribution in [1.82, 2.24) is 0 Å². The molecule has 2 fully saturated rings. The van der Waals surface area contributed by atoms with Crippen LogP contribution in [0.1, 0.15) is 26.7 Å². The number of fused-ring (bicyclic) bond motifs is 2. The van der Waals surface area contributed by atoms with Gasteiger partial charge in [-0.05, 0) is 19.8 Å². The highest BCUT2D eigenvalue weighted by molar-refractivity contribution is 5.88. The Morgan fingerprint density at radius 2 is 2.10 bits per heavy atom. The molecule has 1 saturated carbocycles. The number of carbonyl (C=O) groups excluding carboxylic acids is 3. The van der Waals surface area contributed by atoms with E-state index in [9.17, 15) is 14.4 Å². The maximum atomic E-state index is 11.6. The van der Waals surface area contributed by atoms with Gasteiger partial charge in [0.2, 0.25) is 0 Å². The van der Waals surface area contributed by atoms with E-state index in [0.29, 0.717) is 12.8 Å². The summed E-state index contributed by atoms with van der Waals surface area (Å²) in [6.45, 7) is 6.37. The van der Waals surface area contributed by atoms with Crippen molar-refractivity contribution in [3.8, 4) is 0 Å². The predicted molar refractivity (Wildman–Crippen MR) is 67.4 cm³/mol. The smallest absolute Gasteiger partial charge is 0.344 e. The van der Waals surface area contributed by atoms with Gasteiger partial charge in [0.1, 0.15) is 12.2 Å². The Hall–Kier alpha value is -1.85. The van der Waals surface area contributed by atoms with E-state index in [2.05, 4.69) is 6.58 Å². The molecule has 1 saturated heterocycles. The molecule has 2 aliphatic rings. The van der Waals surface area contributed by atoms with Gasteiger partial charge in [0, 0.05) is 11.5 Å². The van der Waals surface area contributed by atoms with Gasteiger partial charge < -0.3 is 14.2 Å². The number of carbonyl (C=O) groups is 3. The minimum Gasteiger partial charge on any atom is -0.458 e. The minimum absolute atomic E-state index is 0.0482. The summed E-state index contributed by atoms with van der Waals surface area (Å²) in [5, 5.41) is 0. The molecule has 2 rings (SSSR count). The molecule has 1 heterocycles. The summed E-state index contributed by atoms with van der Waals surface area (Å²) in [6.07, 6.45) is 0.400. The molecule has 0 N–H and O–H groups in total. The highest BCUT2D eigenvalue weighted by Gasteiger charge is 2.50. The average Bonchev–Trinajstić information content (AvgIpc) is 2.56. The highest BCUT2D eigenvalue weighted by Crippen LogP contribution is 2.40. The summed E-state index contributed by atoms with van der Waals surface area (Å²) in [6, 6.07) is 0. The van der Waals surface area contributed by atoms with E-state index in [1.165, 1.54) is 6.92 Å². The van der Waals surface area contributed by atoms with Crippen LogP contribution in [0.4, 0.5) is 0 Å². The van der Waals surface area contributed by atoms with Crippen molar-refractivity contribution >= 4 is 17.9 Å². The summed E-state index contributed by atoms with van der Waals surface area (Å²) >= 11 is 0. The Morgan fingerprint density at radius 3 is 2.75 bits per heavy atom. The quantitative estimate of drug-likeness (QED) is 0.434. The Labute approximate surface area is 117 Å². The molecule has 2 bridgehead atoms. The van der Waals surface area contributed by atoms with Crippen molar-refractivity contribution in [2.75, 3.05) is 6.61 Å². The number of rotatable bonds is 4. The molecule has 0 aromatic rings. The Kier molecular flexibility index (Phi) is 4.11. The third-order valence-electron chi connectivity index (χ3n) is 3.79. The van der Waals surface area contributed by atoms with Gasteiger partial charge in [0.25, 0.3) is 0 Å². The molecule has 20 heavy (non-hydrogen) atoms. The third kappa shape index (κ3) is 2.84. The average molecular weight is 282 g/mol. The summed E-state index contributed by atoms with van der Waals surface area (Å²) in [5.74, 6) is -1.53. The second-order valence-electron chi connectivity index (χ2n) is 5.33. The summed E-state index contributed by atoms with van der Waals surface area (Å²) in [5.41, 5.74) is 0.219. The molecule has 1 aliphatic carbocycles. The van der Waals surface area contributed by atoms with Crippen LogP contribution in [-0.4, -0.2) is 36.7 Å². The summed E-state index contributed by atoms with van der Waals surface area (Å²) < 4.78 is 15.2. The fraction of sp³-hybridized carbons (Fsp3) is 0.643. The lowest BCUT2D eigenvalue weighted by Gasteiger charge is -2.30. The van der Waals surface area contributed by atoms with Crippen LogP contribution in [0.25, 0.3) is 0 Å². The number of hydrogen-bond acceptors (Lipinski definition) is 6. The van der Waals surface area contributed by atoms with E-state index in [1.54, 1.807) is 0 Å². The van der Waals surface area contributed by atoms with Crippen molar-refractivity contribution < 1.29 is 28.6 Å². The van der Waals surface area contributed by atoms with Crippen molar-refractivity contribution in [1.29, 1.82) is 0 Å². The first-order valence-corrected chi connectivity index (χ1v) is 6.62. The highest BCUT2D eigenvalue weighted by atomic mass is 16.6. The Balaban J connectivity index is 1.84. The SMILES string of the molecule is C=C(C)C(=O)OCC(=O)OC1CCC2C(=O)OC1C2C. The zero-order valence-electron chi connectivity index (χ0n) is 11.6. The first-order valence-electron chi connectivity index (χ1n) is 6.62. The molecule has 0 radical (unpaired) electrons. The van der Waals surface area contributed by atoms with E-state index in [4.69, 9.17) is 14.2 Å². The molecule has 0 aromatic carbocycles. The summed E-state index contributed by atoms with van der Waals surface area (Å²) in [7, 11) is 0. The van der Waals surface area contributed by atoms with Crippen LogP contribution in [0.2, 0.25) is 0 Å². The fourth-order valence-electron chi connectivity index (χ4n) is 2.65. The molecule has 0 aromatic heterocycles. The lowest BCUT2D eigenvalue weighted by molar-refractivity contribution is -0.169. The Morgan fingerprint density at radius 1 is 1.40 bits per heavy atom. The summed E-state index contributed by atoms with van der Waals surface area (Å²) in [4.78, 5) is 34.3. The van der Waals surface area contributed by atoms with Gasteiger partial charge in [-0.2, -0.15) is 0 Å². The molecule has 6 heteroatoms. The monoisotopic (exact) mass is 282 g/mol. The second-order valence-corrected chi connectivity index (χ2v) is 5.33. The first kappa shape index (κ1) is 14.6. The molecule has 4 atom stereocenters. The molecule has 4 unspecified atom stereocenters. The molecular formula is C14H18O6. The van der Waals surface area contributed by atoms with Crippen LogP contribution >= 0.6 is 0 Å². The molecule has 0 spiro atoms. The molecular weight excluding hydrogens is 264 g/mol. The normalized spacial score (nSPS) is 31.4. The van der Waals surface area contributed by atoms with E-state index < -0.39 is 24.6 Å². The van der Waals surface area contributed by atoms with Crippen molar-refractivity contribution in [3.05, 3.63) is 12.2 Å². The van der Waals surface area contributed by atoms with Crippen LogP contribution in [0.5, 0.6) is 0 Å². The van der Waals surface area contributed by atoms with Crippen molar-refractivity contribution in [3.63, 3.8) is 0 Å². The van der Waals surface area contributed by atoms with Gasteiger partial charge in [-0.1, -0.05) is 13.5 Å². The van der Waals surface area contributed by atoms with E-state index in [1.807, 2.05) is 6.92 Å². The Bertz CT molecular complexity index is 455. The van der Waals surface area contributed by atoms with Crippen LogP contribution in [-0.2, 0) is 28.6 Å². The van der Waals surface area contributed by atoms with E-state index in [-0.39, 0.29) is 29.5 Å². The van der Waals surface area contributed by atoms with Crippen LogP contribution in [0, 0.1) is 11.8 Å². The molecule has 1 aliphatic heterocycles. The largest absolute Gasteiger partial charge is 0.458 e. The molecule has 110 valence electrons. The molecule has 0 amide bonds. The fourth-order valence-corrected chi connectivity index (χ4v) is 2.65. The van der Waals surface area contributed by atoms with Gasteiger partial charge in [-0.25, -0.2) is 9.59 Å². The zero-order chi connectivity index (χ0) is 14.9. The zero-order valence-corrected chi connectivity index (χ0v) is 11.6. The first-order chi connectivity index (χ1) is 9.40. The standard InChI is InChI=1S/C14H18O6/c1-7(2)13(16)18-6-11(15)19-10-5-4-9-8(3)12(10)20-14(9)17/h8-10,12H,1,4-6H2,2-3H3. The van der Waals surface area contributed by atoms with Gasteiger partial charge in [-0.3, -0.25) is 4.79 Å².